The second kappa shape index (κ2) is 4.70. The molecule has 1 heterocycles. The van der Waals surface area contributed by atoms with Crippen molar-refractivity contribution in [1.29, 1.82) is 0 Å². The van der Waals surface area contributed by atoms with Gasteiger partial charge in [0.05, 0.1) is 0 Å². The molecule has 4 rings (SSSR count). The number of para-hydroxylation sites is 1. The highest BCUT2D eigenvalue weighted by molar-refractivity contribution is 6.26. The minimum absolute atomic E-state index is 0.347. The van der Waals surface area contributed by atoms with Crippen LogP contribution in [0.2, 0.25) is 0 Å². The maximum atomic E-state index is 12.0. The third-order valence-electron chi connectivity index (χ3n) is 3.81. The van der Waals surface area contributed by atoms with Gasteiger partial charge in [-0.2, -0.15) is 0 Å². The monoisotopic (exact) mass is 288 g/mol. The van der Waals surface area contributed by atoms with Gasteiger partial charge >= 0.3 is 0 Å². The molecule has 22 heavy (non-hydrogen) atoms. The zero-order valence-corrected chi connectivity index (χ0v) is 11.6. The zero-order chi connectivity index (χ0) is 15.1. The number of carbonyl (C=O) groups is 2. The van der Waals surface area contributed by atoms with Gasteiger partial charge in [0.15, 0.2) is 0 Å². The molecule has 0 aromatic heterocycles. The van der Waals surface area contributed by atoms with Crippen LogP contribution in [0.3, 0.4) is 0 Å². The van der Waals surface area contributed by atoms with E-state index in [1.165, 1.54) is 0 Å². The smallest absolute Gasteiger partial charge is 0.258 e. The molecule has 3 aromatic rings. The van der Waals surface area contributed by atoms with Crippen LogP contribution in [0.5, 0.6) is 0 Å². The molecule has 3 aromatic carbocycles. The third-order valence-corrected chi connectivity index (χ3v) is 3.81. The van der Waals surface area contributed by atoms with Crippen molar-refractivity contribution in [1.82, 2.24) is 5.32 Å². The molecule has 0 fully saturated rings. The van der Waals surface area contributed by atoms with Gasteiger partial charge in [0.2, 0.25) is 0 Å². The molecule has 1 aliphatic rings. The van der Waals surface area contributed by atoms with Crippen molar-refractivity contribution >= 4 is 34.0 Å². The fourth-order valence-corrected chi connectivity index (χ4v) is 2.81. The van der Waals surface area contributed by atoms with Gasteiger partial charge in [-0.15, -0.1) is 0 Å². The lowest BCUT2D eigenvalue weighted by molar-refractivity contribution is 0.0845. The topological polar surface area (TPSA) is 58.2 Å². The van der Waals surface area contributed by atoms with Crippen molar-refractivity contribution in [2.24, 2.45) is 0 Å². The number of hydrogen-bond acceptors (Lipinski definition) is 3. The molecule has 0 spiro atoms. The first-order chi connectivity index (χ1) is 10.7. The van der Waals surface area contributed by atoms with Crippen LogP contribution >= 0.6 is 0 Å². The molecule has 4 nitrogen and oxygen atoms in total. The molecule has 1 aliphatic heterocycles. The second-order valence-electron chi connectivity index (χ2n) is 5.16. The van der Waals surface area contributed by atoms with Gasteiger partial charge in [-0.3, -0.25) is 14.9 Å². The summed E-state index contributed by atoms with van der Waals surface area (Å²) in [5, 5.41) is 7.27. The highest BCUT2D eigenvalue weighted by atomic mass is 16.2. The van der Waals surface area contributed by atoms with Gasteiger partial charge in [-0.05, 0) is 30.3 Å². The van der Waals surface area contributed by atoms with Crippen LogP contribution in [0, 0.1) is 0 Å². The average Bonchev–Trinajstić information content (AvgIpc) is 2.54. The summed E-state index contributed by atoms with van der Waals surface area (Å²) in [5.41, 5.74) is 2.89. The summed E-state index contributed by atoms with van der Waals surface area (Å²) < 4.78 is 0. The van der Waals surface area contributed by atoms with E-state index in [-0.39, 0.29) is 11.8 Å². The molecule has 0 aliphatic carbocycles. The zero-order valence-electron chi connectivity index (χ0n) is 11.6. The van der Waals surface area contributed by atoms with Crippen molar-refractivity contribution in [3.8, 4) is 0 Å². The van der Waals surface area contributed by atoms with Crippen molar-refractivity contribution < 1.29 is 9.59 Å². The number of hydrogen-bond donors (Lipinski definition) is 2. The molecular formula is C18H12N2O2. The number of carbonyl (C=O) groups excluding carboxylic acids is 2. The Morgan fingerprint density at radius 2 is 1.45 bits per heavy atom. The van der Waals surface area contributed by atoms with Crippen LogP contribution in [0.15, 0.2) is 60.7 Å². The van der Waals surface area contributed by atoms with Crippen LogP contribution in [-0.2, 0) is 0 Å². The Hall–Kier alpha value is -3.14. The normalized spacial score (nSPS) is 13.1. The molecule has 0 radical (unpaired) electrons. The standard InChI is InChI=1S/C18H12N2O2/c21-17-13-8-4-7-12-15(19-11-5-2-1-3-6-11)10-9-14(16(12)13)18(22)20-17/h1-10,19H,(H,20,21,22). The first-order valence-corrected chi connectivity index (χ1v) is 6.97. The summed E-state index contributed by atoms with van der Waals surface area (Å²) in [6.07, 6.45) is 0. The van der Waals surface area contributed by atoms with Crippen LogP contribution in [0.25, 0.3) is 10.8 Å². The number of nitrogens with one attached hydrogen (secondary N) is 2. The Kier molecular flexibility index (Phi) is 2.69. The number of amides is 2. The van der Waals surface area contributed by atoms with E-state index in [9.17, 15) is 9.59 Å². The summed E-state index contributed by atoms with van der Waals surface area (Å²) in [5.74, 6) is -0.695. The molecule has 2 N–H and O–H groups in total. The van der Waals surface area contributed by atoms with E-state index in [4.69, 9.17) is 0 Å². The van der Waals surface area contributed by atoms with Gasteiger partial charge in [0.1, 0.15) is 0 Å². The predicted molar refractivity (Wildman–Crippen MR) is 85.5 cm³/mol. The number of anilines is 2. The summed E-state index contributed by atoms with van der Waals surface area (Å²) in [4.78, 5) is 24.0. The van der Waals surface area contributed by atoms with Gasteiger partial charge in [-0.1, -0.05) is 30.3 Å². The van der Waals surface area contributed by atoms with E-state index in [2.05, 4.69) is 10.6 Å². The molecule has 0 saturated heterocycles. The first kappa shape index (κ1) is 12.6. The lowest BCUT2D eigenvalue weighted by Gasteiger charge is -2.19. The van der Waals surface area contributed by atoms with Crippen molar-refractivity contribution in [2.75, 3.05) is 5.32 Å². The fourth-order valence-electron chi connectivity index (χ4n) is 2.81. The Balaban J connectivity index is 1.95. The quantitative estimate of drug-likeness (QED) is 0.710. The van der Waals surface area contributed by atoms with Gasteiger partial charge in [-0.25, -0.2) is 0 Å². The second-order valence-corrected chi connectivity index (χ2v) is 5.16. The molecule has 2 amide bonds. The summed E-state index contributed by atoms with van der Waals surface area (Å²) >= 11 is 0. The lowest BCUT2D eigenvalue weighted by Crippen LogP contribution is -2.34. The minimum Gasteiger partial charge on any atom is -0.355 e. The van der Waals surface area contributed by atoms with E-state index >= 15 is 0 Å². The van der Waals surface area contributed by atoms with Gasteiger partial charge in [0, 0.05) is 33.3 Å². The maximum absolute atomic E-state index is 12.0. The van der Waals surface area contributed by atoms with E-state index in [0.717, 1.165) is 16.8 Å². The minimum atomic E-state index is -0.347. The van der Waals surface area contributed by atoms with E-state index in [1.54, 1.807) is 12.1 Å². The van der Waals surface area contributed by atoms with E-state index in [1.807, 2.05) is 48.5 Å². The molecule has 0 bridgehead atoms. The maximum Gasteiger partial charge on any atom is 0.258 e. The molecule has 0 atom stereocenters. The summed E-state index contributed by atoms with van der Waals surface area (Å²) in [7, 11) is 0. The average molecular weight is 288 g/mol. The highest BCUT2D eigenvalue weighted by Gasteiger charge is 2.25. The largest absolute Gasteiger partial charge is 0.355 e. The summed E-state index contributed by atoms with van der Waals surface area (Å²) in [6.45, 7) is 0. The number of imide groups is 1. The Morgan fingerprint density at radius 3 is 2.23 bits per heavy atom. The van der Waals surface area contributed by atoms with Crippen molar-refractivity contribution in [3.05, 3.63) is 71.8 Å². The third kappa shape index (κ3) is 1.85. The molecule has 0 unspecified atom stereocenters. The molecule has 0 saturated carbocycles. The van der Waals surface area contributed by atoms with Crippen LogP contribution in [0.1, 0.15) is 20.7 Å². The lowest BCUT2D eigenvalue weighted by atomic mass is 9.94. The number of rotatable bonds is 2. The van der Waals surface area contributed by atoms with E-state index < -0.39 is 0 Å². The molecule has 106 valence electrons. The fraction of sp³-hybridized carbons (Fsp3) is 0. The van der Waals surface area contributed by atoms with Crippen molar-refractivity contribution in [3.63, 3.8) is 0 Å². The predicted octanol–water partition coefficient (Wildman–Crippen LogP) is 3.47. The first-order valence-electron chi connectivity index (χ1n) is 6.97. The van der Waals surface area contributed by atoms with Crippen LogP contribution in [-0.4, -0.2) is 11.8 Å². The molecular weight excluding hydrogens is 276 g/mol. The van der Waals surface area contributed by atoms with Gasteiger partial charge < -0.3 is 5.32 Å². The van der Waals surface area contributed by atoms with Gasteiger partial charge in [0.25, 0.3) is 11.8 Å². The summed E-state index contributed by atoms with van der Waals surface area (Å²) in [6, 6.07) is 18.9. The Morgan fingerprint density at radius 1 is 0.727 bits per heavy atom. The SMILES string of the molecule is O=C1NC(=O)c2ccc(Nc3ccccc3)c3cccc1c23. The molecule has 4 heteroatoms. The Bertz CT molecular complexity index is 897. The van der Waals surface area contributed by atoms with E-state index in [0.29, 0.717) is 16.5 Å². The van der Waals surface area contributed by atoms with Crippen LogP contribution < -0.4 is 10.6 Å². The van der Waals surface area contributed by atoms with Crippen molar-refractivity contribution in [2.45, 2.75) is 0 Å². The highest BCUT2D eigenvalue weighted by Crippen LogP contribution is 2.33. The Labute approximate surface area is 126 Å². The van der Waals surface area contributed by atoms with Crippen LogP contribution in [0.4, 0.5) is 11.4 Å². The number of benzene rings is 3.